The van der Waals surface area contributed by atoms with Gasteiger partial charge in [-0.15, -0.1) is 6.42 Å². The Morgan fingerprint density at radius 2 is 2.12 bits per heavy atom. The van der Waals surface area contributed by atoms with Crippen LogP contribution in [0.1, 0.15) is 5.69 Å². The molecule has 0 N–H and O–H groups in total. The van der Waals surface area contributed by atoms with Gasteiger partial charge in [-0.2, -0.15) is 10.4 Å². The van der Waals surface area contributed by atoms with Gasteiger partial charge in [-0.3, -0.25) is 9.67 Å². The summed E-state index contributed by atoms with van der Waals surface area (Å²) in [4.78, 5) is 3.95. The first-order valence-corrected chi connectivity index (χ1v) is 5.12. The highest BCUT2D eigenvalue weighted by molar-refractivity contribution is 5.58. The molecular formula is C13H10N4. The van der Waals surface area contributed by atoms with E-state index in [4.69, 9.17) is 11.7 Å². The molecule has 0 atom stereocenters. The normalized spacial score (nSPS) is 9.53. The summed E-state index contributed by atoms with van der Waals surface area (Å²) in [5.74, 6) is 2.53. The highest BCUT2D eigenvalue weighted by Gasteiger charge is 2.08. The molecule has 82 valence electrons. The van der Waals surface area contributed by atoms with Crippen molar-refractivity contribution < 1.29 is 0 Å². The second-order valence-corrected chi connectivity index (χ2v) is 3.45. The summed E-state index contributed by atoms with van der Waals surface area (Å²) in [7, 11) is 0. The zero-order chi connectivity index (χ0) is 12.1. The smallest absolute Gasteiger partial charge is 0.102 e. The van der Waals surface area contributed by atoms with Crippen LogP contribution in [0.25, 0.3) is 11.3 Å². The SMILES string of the molecule is C#CCn1nc(-c2ccncc2)cc1CC#N. The Kier molecular flexibility index (Phi) is 3.18. The number of nitrogens with zero attached hydrogens (tertiary/aromatic N) is 4. The van der Waals surface area contributed by atoms with Gasteiger partial charge in [0.05, 0.1) is 23.9 Å². The number of pyridine rings is 1. The first-order chi connectivity index (χ1) is 8.35. The van der Waals surface area contributed by atoms with E-state index < -0.39 is 0 Å². The van der Waals surface area contributed by atoms with Gasteiger partial charge in [-0.1, -0.05) is 5.92 Å². The van der Waals surface area contributed by atoms with Crippen molar-refractivity contribution in [3.05, 3.63) is 36.3 Å². The molecule has 4 heteroatoms. The summed E-state index contributed by atoms with van der Waals surface area (Å²) in [5, 5.41) is 13.1. The molecule has 0 aliphatic heterocycles. The fourth-order valence-electron chi connectivity index (χ4n) is 1.57. The number of rotatable bonds is 3. The minimum atomic E-state index is 0.305. The summed E-state index contributed by atoms with van der Waals surface area (Å²) < 4.78 is 1.68. The molecule has 2 rings (SSSR count). The van der Waals surface area contributed by atoms with E-state index in [2.05, 4.69) is 22.1 Å². The predicted octanol–water partition coefficient (Wildman–Crippen LogP) is 1.64. The van der Waals surface area contributed by atoms with Crippen LogP contribution in [0.5, 0.6) is 0 Å². The van der Waals surface area contributed by atoms with Crippen LogP contribution in [0.2, 0.25) is 0 Å². The Hall–Kier alpha value is -2.59. The minimum Gasteiger partial charge on any atom is -0.265 e. The molecule has 0 radical (unpaired) electrons. The second-order valence-electron chi connectivity index (χ2n) is 3.45. The molecule has 0 bridgehead atoms. The number of aromatic nitrogens is 3. The second kappa shape index (κ2) is 4.96. The van der Waals surface area contributed by atoms with Crippen molar-refractivity contribution in [3.8, 4) is 29.7 Å². The van der Waals surface area contributed by atoms with Gasteiger partial charge in [-0.05, 0) is 18.2 Å². The van der Waals surface area contributed by atoms with Crippen LogP contribution in [0.3, 0.4) is 0 Å². The molecule has 0 amide bonds. The summed E-state index contributed by atoms with van der Waals surface area (Å²) in [6, 6.07) is 7.74. The monoisotopic (exact) mass is 222 g/mol. The highest BCUT2D eigenvalue weighted by Crippen LogP contribution is 2.18. The zero-order valence-electron chi connectivity index (χ0n) is 9.17. The lowest BCUT2D eigenvalue weighted by Gasteiger charge is -1.98. The average molecular weight is 222 g/mol. The Morgan fingerprint density at radius 1 is 1.35 bits per heavy atom. The maximum Gasteiger partial charge on any atom is 0.102 e. The fraction of sp³-hybridized carbons (Fsp3) is 0.154. The van der Waals surface area contributed by atoms with Crippen LogP contribution < -0.4 is 0 Å². The van der Waals surface area contributed by atoms with Crippen molar-refractivity contribution in [1.82, 2.24) is 14.8 Å². The van der Waals surface area contributed by atoms with E-state index in [9.17, 15) is 0 Å². The molecular weight excluding hydrogens is 212 g/mol. The maximum atomic E-state index is 8.74. The zero-order valence-corrected chi connectivity index (χ0v) is 9.17. The number of hydrogen-bond acceptors (Lipinski definition) is 3. The van der Waals surface area contributed by atoms with E-state index >= 15 is 0 Å². The molecule has 2 aromatic rings. The molecule has 4 nitrogen and oxygen atoms in total. The number of terminal acetylenes is 1. The maximum absolute atomic E-state index is 8.74. The van der Waals surface area contributed by atoms with Crippen LogP contribution in [0, 0.1) is 23.7 Å². The third-order valence-electron chi connectivity index (χ3n) is 2.34. The summed E-state index contributed by atoms with van der Waals surface area (Å²) in [5.41, 5.74) is 2.61. The third kappa shape index (κ3) is 2.32. The predicted molar refractivity (Wildman–Crippen MR) is 63.6 cm³/mol. The van der Waals surface area contributed by atoms with Gasteiger partial charge < -0.3 is 0 Å². The Labute approximate surface area is 99.5 Å². The average Bonchev–Trinajstić information content (AvgIpc) is 2.75. The van der Waals surface area contributed by atoms with Crippen LogP contribution in [0.4, 0.5) is 0 Å². The number of nitriles is 1. The Morgan fingerprint density at radius 3 is 2.76 bits per heavy atom. The minimum absolute atomic E-state index is 0.305. The van der Waals surface area contributed by atoms with E-state index in [1.54, 1.807) is 17.1 Å². The largest absolute Gasteiger partial charge is 0.265 e. The van der Waals surface area contributed by atoms with Crippen LogP contribution >= 0.6 is 0 Å². The van der Waals surface area contributed by atoms with E-state index in [1.807, 2.05) is 18.2 Å². The first-order valence-electron chi connectivity index (χ1n) is 5.12. The molecule has 0 spiro atoms. The molecule has 2 aromatic heterocycles. The standard InChI is InChI=1S/C13H10N4/c1-2-9-17-12(3-6-14)10-13(16-17)11-4-7-15-8-5-11/h1,4-5,7-8,10H,3,9H2. The van der Waals surface area contributed by atoms with E-state index in [0.717, 1.165) is 17.0 Å². The Bertz CT molecular complexity index is 551. The van der Waals surface area contributed by atoms with Gasteiger partial charge in [0, 0.05) is 18.0 Å². The van der Waals surface area contributed by atoms with Crippen LogP contribution in [-0.2, 0) is 13.0 Å². The Balaban J connectivity index is 2.41. The van der Waals surface area contributed by atoms with Gasteiger partial charge in [0.2, 0.25) is 0 Å². The topological polar surface area (TPSA) is 54.5 Å². The summed E-state index contributed by atoms with van der Waals surface area (Å²) >= 11 is 0. The fourth-order valence-corrected chi connectivity index (χ4v) is 1.57. The van der Waals surface area contributed by atoms with E-state index in [-0.39, 0.29) is 0 Å². The van der Waals surface area contributed by atoms with Crippen molar-refractivity contribution in [3.63, 3.8) is 0 Å². The van der Waals surface area contributed by atoms with E-state index in [0.29, 0.717) is 13.0 Å². The van der Waals surface area contributed by atoms with Gasteiger partial charge in [0.1, 0.15) is 6.54 Å². The molecule has 0 aliphatic rings. The van der Waals surface area contributed by atoms with Crippen LogP contribution in [0.15, 0.2) is 30.6 Å². The molecule has 0 aliphatic carbocycles. The molecule has 0 aromatic carbocycles. The molecule has 17 heavy (non-hydrogen) atoms. The molecule has 0 fully saturated rings. The lowest BCUT2D eigenvalue weighted by atomic mass is 10.2. The lowest BCUT2D eigenvalue weighted by Crippen LogP contribution is -2.02. The molecule has 2 heterocycles. The van der Waals surface area contributed by atoms with Crippen molar-refractivity contribution >= 4 is 0 Å². The molecule has 0 unspecified atom stereocenters. The van der Waals surface area contributed by atoms with Crippen molar-refractivity contribution in [2.24, 2.45) is 0 Å². The van der Waals surface area contributed by atoms with Gasteiger partial charge in [0.15, 0.2) is 0 Å². The quantitative estimate of drug-likeness (QED) is 0.742. The molecule has 0 saturated carbocycles. The van der Waals surface area contributed by atoms with E-state index in [1.165, 1.54) is 0 Å². The van der Waals surface area contributed by atoms with Gasteiger partial charge >= 0.3 is 0 Å². The van der Waals surface area contributed by atoms with Gasteiger partial charge in [0.25, 0.3) is 0 Å². The van der Waals surface area contributed by atoms with Crippen molar-refractivity contribution in [1.29, 1.82) is 5.26 Å². The number of hydrogen-bond donors (Lipinski definition) is 0. The highest BCUT2D eigenvalue weighted by atomic mass is 15.3. The van der Waals surface area contributed by atoms with Crippen molar-refractivity contribution in [2.75, 3.05) is 0 Å². The summed E-state index contributed by atoms with van der Waals surface area (Å²) in [6.07, 6.45) is 8.99. The summed E-state index contributed by atoms with van der Waals surface area (Å²) in [6.45, 7) is 0.377. The first kappa shape index (κ1) is 10.9. The van der Waals surface area contributed by atoms with Gasteiger partial charge in [-0.25, -0.2) is 0 Å². The third-order valence-corrected chi connectivity index (χ3v) is 2.34. The van der Waals surface area contributed by atoms with Crippen molar-refractivity contribution in [2.45, 2.75) is 13.0 Å². The lowest BCUT2D eigenvalue weighted by molar-refractivity contribution is 0.685. The molecule has 0 saturated heterocycles. The van der Waals surface area contributed by atoms with Crippen LogP contribution in [-0.4, -0.2) is 14.8 Å².